The molecule has 33 heavy (non-hydrogen) atoms. The van der Waals surface area contributed by atoms with Gasteiger partial charge >= 0.3 is 6.18 Å². The van der Waals surface area contributed by atoms with E-state index in [-0.39, 0.29) is 11.5 Å². The second-order valence-corrected chi connectivity index (χ2v) is 9.14. The highest BCUT2D eigenvalue weighted by molar-refractivity contribution is 5.82. The van der Waals surface area contributed by atoms with Gasteiger partial charge in [-0.25, -0.2) is 0 Å². The van der Waals surface area contributed by atoms with Crippen LogP contribution < -0.4 is 0 Å². The van der Waals surface area contributed by atoms with Crippen molar-refractivity contribution >= 4 is 6.21 Å². The highest BCUT2D eigenvalue weighted by Gasteiger charge is 2.52. The molecule has 3 aromatic carbocycles. The number of nitrogens with zero attached hydrogens (tertiary/aromatic N) is 2. The van der Waals surface area contributed by atoms with Crippen molar-refractivity contribution in [3.05, 3.63) is 107 Å². The summed E-state index contributed by atoms with van der Waals surface area (Å²) >= 11 is 0. The van der Waals surface area contributed by atoms with Crippen molar-refractivity contribution in [1.29, 1.82) is 0 Å². The third-order valence-electron chi connectivity index (χ3n) is 7.25. The Labute approximate surface area is 192 Å². The van der Waals surface area contributed by atoms with Gasteiger partial charge in [-0.15, -0.1) is 0 Å². The fourth-order valence-corrected chi connectivity index (χ4v) is 5.74. The van der Waals surface area contributed by atoms with Crippen LogP contribution in [0.25, 0.3) is 0 Å². The highest BCUT2D eigenvalue weighted by atomic mass is 19.4. The van der Waals surface area contributed by atoms with E-state index >= 15 is 0 Å². The summed E-state index contributed by atoms with van der Waals surface area (Å²) in [7, 11) is 0. The number of hydrogen-bond donors (Lipinski definition) is 0. The second kappa shape index (κ2) is 8.79. The molecule has 1 unspecified atom stereocenters. The molecule has 0 aromatic heterocycles. The van der Waals surface area contributed by atoms with E-state index in [1.165, 1.54) is 18.3 Å². The summed E-state index contributed by atoms with van der Waals surface area (Å²) in [5.74, 6) is 0.268. The standard InChI is InChI=1S/C28H27F3N2/c29-28(30,31)25-14-8-7-13-23(25)19-32-27(20-33-17-15-24(27)16-18-33)26(21-9-3-1-4-10-21)22-11-5-2-6-12-22/h1-14,19,24,26H,15-18,20H2. The van der Waals surface area contributed by atoms with Crippen molar-refractivity contribution < 1.29 is 13.2 Å². The van der Waals surface area contributed by atoms with Crippen molar-refractivity contribution in [3.63, 3.8) is 0 Å². The fraction of sp³-hybridized carbons (Fsp3) is 0.321. The molecule has 5 heteroatoms. The van der Waals surface area contributed by atoms with E-state index in [1.807, 2.05) is 36.4 Å². The molecule has 170 valence electrons. The zero-order valence-corrected chi connectivity index (χ0v) is 18.4. The molecule has 0 aliphatic carbocycles. The lowest BCUT2D eigenvalue weighted by Crippen LogP contribution is -2.61. The van der Waals surface area contributed by atoms with Crippen LogP contribution in [0, 0.1) is 5.92 Å². The Bertz CT molecular complexity index is 1060. The van der Waals surface area contributed by atoms with Crippen LogP contribution in [0.2, 0.25) is 0 Å². The SMILES string of the molecule is FC(F)(F)c1ccccc1C=NC1(C(c2ccccc2)c2ccccc2)CN2CCC1CC2. The van der Waals surface area contributed by atoms with Gasteiger partial charge in [-0.05, 0) is 49.0 Å². The molecule has 6 rings (SSSR count). The van der Waals surface area contributed by atoms with E-state index in [2.05, 4.69) is 29.2 Å². The van der Waals surface area contributed by atoms with Gasteiger partial charge < -0.3 is 4.90 Å². The molecule has 3 heterocycles. The van der Waals surface area contributed by atoms with E-state index in [0.717, 1.165) is 49.7 Å². The van der Waals surface area contributed by atoms with Crippen LogP contribution in [0.4, 0.5) is 13.2 Å². The van der Waals surface area contributed by atoms with Gasteiger partial charge in [-0.3, -0.25) is 4.99 Å². The van der Waals surface area contributed by atoms with Gasteiger partial charge in [0.25, 0.3) is 0 Å². The third kappa shape index (κ3) is 4.22. The molecule has 2 bridgehead atoms. The molecule has 0 spiro atoms. The Morgan fingerprint density at radius 3 is 1.88 bits per heavy atom. The maximum absolute atomic E-state index is 13.7. The van der Waals surface area contributed by atoms with Crippen molar-refractivity contribution in [2.75, 3.05) is 19.6 Å². The van der Waals surface area contributed by atoms with Crippen LogP contribution in [-0.4, -0.2) is 36.3 Å². The largest absolute Gasteiger partial charge is 0.417 e. The molecule has 3 fully saturated rings. The summed E-state index contributed by atoms with van der Waals surface area (Å²) in [4.78, 5) is 7.55. The minimum Gasteiger partial charge on any atom is -0.301 e. The maximum atomic E-state index is 13.7. The van der Waals surface area contributed by atoms with Crippen molar-refractivity contribution in [2.24, 2.45) is 10.9 Å². The minimum atomic E-state index is -4.41. The normalized spacial score (nSPS) is 25.1. The monoisotopic (exact) mass is 448 g/mol. The average molecular weight is 449 g/mol. The van der Waals surface area contributed by atoms with Crippen LogP contribution in [0.1, 0.15) is 41.0 Å². The molecule has 3 aliphatic rings. The molecule has 0 saturated carbocycles. The topological polar surface area (TPSA) is 15.6 Å². The van der Waals surface area contributed by atoms with Gasteiger partial charge in [0.15, 0.2) is 0 Å². The molecule has 1 atom stereocenters. The van der Waals surface area contributed by atoms with Gasteiger partial charge in [0.1, 0.15) is 0 Å². The molecule has 2 nitrogen and oxygen atoms in total. The van der Waals surface area contributed by atoms with E-state index in [1.54, 1.807) is 6.07 Å². The van der Waals surface area contributed by atoms with Gasteiger partial charge in [-0.2, -0.15) is 13.2 Å². The van der Waals surface area contributed by atoms with Gasteiger partial charge in [0, 0.05) is 24.2 Å². The van der Waals surface area contributed by atoms with Gasteiger partial charge in [0.2, 0.25) is 0 Å². The Morgan fingerprint density at radius 2 is 1.36 bits per heavy atom. The van der Waals surface area contributed by atoms with Crippen molar-refractivity contribution in [3.8, 4) is 0 Å². The smallest absolute Gasteiger partial charge is 0.301 e. The summed E-state index contributed by atoms with van der Waals surface area (Å²) in [6.07, 6.45) is -0.907. The van der Waals surface area contributed by atoms with Crippen LogP contribution in [-0.2, 0) is 6.18 Å². The third-order valence-corrected chi connectivity index (χ3v) is 7.25. The first-order chi connectivity index (χ1) is 16.0. The average Bonchev–Trinajstić information content (AvgIpc) is 2.85. The van der Waals surface area contributed by atoms with Gasteiger partial charge in [-0.1, -0.05) is 78.9 Å². The number of rotatable bonds is 5. The quantitative estimate of drug-likeness (QED) is 0.411. The first-order valence-corrected chi connectivity index (χ1v) is 11.5. The lowest BCUT2D eigenvalue weighted by Gasteiger charge is -2.54. The molecular weight excluding hydrogens is 421 g/mol. The number of halogens is 3. The Kier molecular flexibility index (Phi) is 5.83. The van der Waals surface area contributed by atoms with E-state index in [9.17, 15) is 13.2 Å². The van der Waals surface area contributed by atoms with Crippen LogP contribution in [0.3, 0.4) is 0 Å². The predicted octanol–water partition coefficient (Wildman–Crippen LogP) is 6.42. The highest BCUT2D eigenvalue weighted by Crippen LogP contribution is 2.50. The molecule has 0 N–H and O–H groups in total. The Balaban J connectivity index is 1.67. The van der Waals surface area contributed by atoms with E-state index in [4.69, 9.17) is 4.99 Å². The Hall–Kier alpha value is -2.92. The Morgan fingerprint density at radius 1 is 0.818 bits per heavy atom. The lowest BCUT2D eigenvalue weighted by atomic mass is 9.62. The first-order valence-electron chi connectivity index (χ1n) is 11.5. The number of benzene rings is 3. The molecule has 3 aliphatic heterocycles. The molecule has 3 saturated heterocycles. The van der Waals surface area contributed by atoms with Gasteiger partial charge in [0.05, 0.1) is 11.1 Å². The number of fused-ring (bicyclic) bond motifs is 3. The summed E-state index contributed by atoms with van der Waals surface area (Å²) in [6, 6.07) is 26.3. The van der Waals surface area contributed by atoms with E-state index in [0.29, 0.717) is 5.92 Å². The van der Waals surface area contributed by atoms with Crippen molar-refractivity contribution in [2.45, 2.75) is 30.5 Å². The van der Waals surface area contributed by atoms with Crippen LogP contribution in [0.5, 0.6) is 0 Å². The maximum Gasteiger partial charge on any atom is 0.417 e. The fourth-order valence-electron chi connectivity index (χ4n) is 5.74. The number of hydrogen-bond acceptors (Lipinski definition) is 2. The second-order valence-electron chi connectivity index (χ2n) is 9.14. The van der Waals surface area contributed by atoms with E-state index < -0.39 is 17.3 Å². The molecule has 3 aromatic rings. The molecule has 0 amide bonds. The zero-order valence-electron chi connectivity index (χ0n) is 18.4. The molecular formula is C28H27F3N2. The first kappa shape index (κ1) is 21.9. The summed E-state index contributed by atoms with van der Waals surface area (Å²) < 4.78 is 41.0. The number of aliphatic imine (C=N–C) groups is 1. The van der Waals surface area contributed by atoms with Crippen molar-refractivity contribution in [1.82, 2.24) is 4.90 Å². The van der Waals surface area contributed by atoms with Crippen LogP contribution in [0.15, 0.2) is 89.9 Å². The minimum absolute atomic E-state index is 0.0395. The number of alkyl halides is 3. The number of piperidine rings is 3. The molecule has 0 radical (unpaired) electrons. The summed E-state index contributed by atoms with van der Waals surface area (Å²) in [6.45, 7) is 2.80. The summed E-state index contributed by atoms with van der Waals surface area (Å²) in [5, 5.41) is 0. The predicted molar refractivity (Wildman–Crippen MR) is 126 cm³/mol. The summed E-state index contributed by atoms with van der Waals surface area (Å²) in [5.41, 5.74) is 1.26. The lowest BCUT2D eigenvalue weighted by molar-refractivity contribution is -0.137. The van der Waals surface area contributed by atoms with Crippen LogP contribution >= 0.6 is 0 Å². The zero-order chi connectivity index (χ0) is 22.9.